The fraction of sp³-hybridized carbons (Fsp3) is 0.941. The lowest BCUT2D eigenvalue weighted by Gasteiger charge is -2.66. The molecule has 3 fully saturated rings. The van der Waals surface area contributed by atoms with E-state index in [1.165, 1.54) is 0 Å². The number of carbonyl (C=O) groups excluding carboxylic acids is 1. The molecule has 3 rings (SSSR count). The van der Waals surface area contributed by atoms with Gasteiger partial charge in [-0.05, 0) is 31.6 Å². The highest BCUT2D eigenvalue weighted by Crippen LogP contribution is 2.58. The Hall–Kier alpha value is -0.360. The quantitative estimate of drug-likeness (QED) is 0.846. The third-order valence-electron chi connectivity index (χ3n) is 6.25. The summed E-state index contributed by atoms with van der Waals surface area (Å²) in [6.07, 6.45) is 4.32. The van der Waals surface area contributed by atoms with Crippen LogP contribution in [0.1, 0.15) is 39.5 Å². The van der Waals surface area contributed by atoms with Crippen molar-refractivity contribution in [1.82, 2.24) is 4.90 Å². The molecule has 2 N–H and O–H groups in total. The molecule has 3 aliphatic rings. The minimum absolute atomic E-state index is 0. The molecule has 0 bridgehead atoms. The van der Waals surface area contributed by atoms with Crippen LogP contribution >= 0.6 is 12.4 Å². The Morgan fingerprint density at radius 3 is 2.78 bits per heavy atom. The number of hydrogen-bond donors (Lipinski definition) is 1. The van der Waals surface area contributed by atoms with Gasteiger partial charge in [0.15, 0.2) is 0 Å². The maximum absolute atomic E-state index is 13.2. The third kappa shape index (κ3) is 2.80. The molecule has 0 spiro atoms. The maximum Gasteiger partial charge on any atom is 0.243 e. The first-order valence-electron chi connectivity index (χ1n) is 8.61. The lowest BCUT2D eigenvalue weighted by molar-refractivity contribution is -0.230. The van der Waals surface area contributed by atoms with E-state index in [2.05, 4.69) is 13.8 Å². The molecule has 2 aliphatic heterocycles. The van der Waals surface area contributed by atoms with Gasteiger partial charge in [0, 0.05) is 38.1 Å². The SMILES string of the molecule is COCC1CCCN(C(=O)C2(N)C3CCCOC3C2(C)C)C1.Cl. The molecular weight excluding hydrogens is 316 g/mol. The maximum atomic E-state index is 13.2. The summed E-state index contributed by atoms with van der Waals surface area (Å²) < 4.78 is 11.2. The van der Waals surface area contributed by atoms with Gasteiger partial charge in [0.1, 0.15) is 5.54 Å². The van der Waals surface area contributed by atoms with Crippen molar-refractivity contribution in [1.29, 1.82) is 0 Å². The Kier molecular flexibility index (Phi) is 5.66. The minimum atomic E-state index is -0.771. The van der Waals surface area contributed by atoms with Crippen LogP contribution in [0.2, 0.25) is 0 Å². The standard InChI is InChI=1S/C17H30N2O3.ClH/c1-16(2)14-13(7-5-9-22-14)17(16,18)15(20)19-8-4-6-12(10-19)11-21-3;/h12-14H,4-11,18H2,1-3H3;1H. The second-order valence-electron chi connectivity index (χ2n) is 7.85. The van der Waals surface area contributed by atoms with E-state index in [0.717, 1.165) is 52.0 Å². The van der Waals surface area contributed by atoms with Gasteiger partial charge in [-0.3, -0.25) is 4.79 Å². The Bertz CT molecular complexity index is 444. The zero-order valence-corrected chi connectivity index (χ0v) is 15.4. The number of halogens is 1. The highest BCUT2D eigenvalue weighted by Gasteiger charge is 2.70. The van der Waals surface area contributed by atoms with Gasteiger partial charge in [-0.1, -0.05) is 13.8 Å². The summed E-state index contributed by atoms with van der Waals surface area (Å²) in [6.45, 7) is 7.31. The Morgan fingerprint density at radius 1 is 1.35 bits per heavy atom. The molecule has 0 aromatic rings. The van der Waals surface area contributed by atoms with Gasteiger partial charge in [0.2, 0.25) is 5.91 Å². The van der Waals surface area contributed by atoms with Crippen LogP contribution in [0.4, 0.5) is 0 Å². The van der Waals surface area contributed by atoms with Crippen molar-refractivity contribution in [2.75, 3.05) is 33.4 Å². The van der Waals surface area contributed by atoms with Crippen LogP contribution in [0.25, 0.3) is 0 Å². The summed E-state index contributed by atoms with van der Waals surface area (Å²) in [6, 6.07) is 0. The fourth-order valence-electron chi connectivity index (χ4n) is 4.89. The lowest BCUT2D eigenvalue weighted by Crippen LogP contribution is -2.82. The smallest absolute Gasteiger partial charge is 0.243 e. The number of methoxy groups -OCH3 is 1. The Balaban J connectivity index is 0.00000192. The Morgan fingerprint density at radius 2 is 2.09 bits per heavy atom. The number of rotatable bonds is 3. The van der Waals surface area contributed by atoms with Crippen molar-refractivity contribution in [3.63, 3.8) is 0 Å². The highest BCUT2D eigenvalue weighted by atomic mass is 35.5. The van der Waals surface area contributed by atoms with E-state index in [-0.39, 0.29) is 35.8 Å². The van der Waals surface area contributed by atoms with Crippen molar-refractivity contribution < 1.29 is 14.3 Å². The fourth-order valence-corrected chi connectivity index (χ4v) is 4.89. The van der Waals surface area contributed by atoms with Gasteiger partial charge < -0.3 is 20.1 Å². The van der Waals surface area contributed by atoms with E-state index >= 15 is 0 Å². The van der Waals surface area contributed by atoms with E-state index in [0.29, 0.717) is 5.92 Å². The number of nitrogens with two attached hydrogens (primary N) is 1. The molecule has 4 unspecified atom stereocenters. The Labute approximate surface area is 145 Å². The van der Waals surface area contributed by atoms with Crippen LogP contribution in [0.15, 0.2) is 0 Å². The van der Waals surface area contributed by atoms with Crippen LogP contribution < -0.4 is 5.73 Å². The summed E-state index contributed by atoms with van der Waals surface area (Å²) in [7, 11) is 1.73. The average molecular weight is 347 g/mol. The second-order valence-corrected chi connectivity index (χ2v) is 7.85. The molecule has 1 saturated carbocycles. The molecule has 1 amide bonds. The van der Waals surface area contributed by atoms with E-state index in [1.807, 2.05) is 4.90 Å². The largest absolute Gasteiger partial charge is 0.384 e. The zero-order valence-electron chi connectivity index (χ0n) is 14.5. The van der Waals surface area contributed by atoms with Crippen LogP contribution in [-0.4, -0.2) is 55.9 Å². The van der Waals surface area contributed by atoms with Crippen molar-refractivity contribution in [3.8, 4) is 0 Å². The number of hydrogen-bond acceptors (Lipinski definition) is 4. The molecule has 6 heteroatoms. The van der Waals surface area contributed by atoms with E-state index in [4.69, 9.17) is 15.2 Å². The minimum Gasteiger partial charge on any atom is -0.384 e. The summed E-state index contributed by atoms with van der Waals surface area (Å²) >= 11 is 0. The number of likely N-dealkylation sites (tertiary alicyclic amines) is 1. The normalized spacial score (nSPS) is 39.0. The van der Waals surface area contributed by atoms with Crippen molar-refractivity contribution in [3.05, 3.63) is 0 Å². The molecule has 1 aliphatic carbocycles. The first-order chi connectivity index (χ1) is 10.4. The van der Waals surface area contributed by atoms with Crippen LogP contribution in [0.5, 0.6) is 0 Å². The van der Waals surface area contributed by atoms with Gasteiger partial charge in [0.05, 0.1) is 12.7 Å². The van der Waals surface area contributed by atoms with Crippen LogP contribution in [-0.2, 0) is 14.3 Å². The zero-order chi connectivity index (χ0) is 16.0. The summed E-state index contributed by atoms with van der Waals surface area (Å²) in [5.74, 6) is 0.740. The number of amides is 1. The average Bonchev–Trinajstić information content (AvgIpc) is 2.54. The molecule has 0 aromatic carbocycles. The number of piperidine rings is 1. The van der Waals surface area contributed by atoms with E-state index < -0.39 is 5.54 Å². The summed E-state index contributed by atoms with van der Waals surface area (Å²) in [5, 5.41) is 0. The molecule has 2 saturated heterocycles. The first-order valence-corrected chi connectivity index (χ1v) is 8.61. The van der Waals surface area contributed by atoms with Crippen molar-refractivity contribution in [2.24, 2.45) is 23.0 Å². The second kappa shape index (κ2) is 6.87. The highest BCUT2D eigenvalue weighted by molar-refractivity contribution is 5.89. The summed E-state index contributed by atoms with van der Waals surface area (Å²) in [5.41, 5.74) is 5.67. The molecule has 5 nitrogen and oxygen atoms in total. The summed E-state index contributed by atoms with van der Waals surface area (Å²) in [4.78, 5) is 15.2. The van der Waals surface area contributed by atoms with Crippen molar-refractivity contribution >= 4 is 18.3 Å². The van der Waals surface area contributed by atoms with Gasteiger partial charge in [-0.2, -0.15) is 0 Å². The molecule has 2 heterocycles. The van der Waals surface area contributed by atoms with Gasteiger partial charge in [-0.15, -0.1) is 12.4 Å². The number of nitrogens with zero attached hydrogens (tertiary/aromatic N) is 1. The molecular formula is C17H31ClN2O3. The molecule has 0 radical (unpaired) electrons. The van der Waals surface area contributed by atoms with Gasteiger partial charge in [-0.25, -0.2) is 0 Å². The monoisotopic (exact) mass is 346 g/mol. The number of carbonyl (C=O) groups is 1. The van der Waals surface area contributed by atoms with E-state index in [9.17, 15) is 4.79 Å². The van der Waals surface area contributed by atoms with Crippen molar-refractivity contribution in [2.45, 2.75) is 51.2 Å². The first kappa shape index (κ1) is 19.0. The van der Waals surface area contributed by atoms with E-state index in [1.54, 1.807) is 7.11 Å². The number of fused-ring (bicyclic) bond motifs is 1. The van der Waals surface area contributed by atoms with Gasteiger partial charge >= 0.3 is 0 Å². The predicted molar refractivity (Wildman–Crippen MR) is 91.6 cm³/mol. The third-order valence-corrected chi connectivity index (χ3v) is 6.25. The molecule has 23 heavy (non-hydrogen) atoms. The molecule has 0 aromatic heterocycles. The van der Waals surface area contributed by atoms with Gasteiger partial charge in [0.25, 0.3) is 0 Å². The molecule has 134 valence electrons. The lowest BCUT2D eigenvalue weighted by atomic mass is 9.46. The molecule has 4 atom stereocenters. The van der Waals surface area contributed by atoms with Crippen LogP contribution in [0.3, 0.4) is 0 Å². The predicted octanol–water partition coefficient (Wildman–Crippen LogP) is 1.83. The number of ether oxygens (including phenoxy) is 2. The topological polar surface area (TPSA) is 64.8 Å². The van der Waals surface area contributed by atoms with Crippen LogP contribution in [0, 0.1) is 17.3 Å².